The first-order chi connectivity index (χ1) is 20.0. The Morgan fingerprint density at radius 2 is 1.48 bits per heavy atom. The quantitative estimate of drug-likeness (QED) is 0.314. The van der Waals surface area contributed by atoms with Crippen LogP contribution in [0.1, 0.15) is 40.5 Å². The van der Waals surface area contributed by atoms with Gasteiger partial charge in [-0.15, -0.1) is 0 Å². The standard InChI is InChI=1S/C30H32O12/c1-28-13-19(31)18-12-30(28,29(18,27(37)42-28)15-39-25(36)17-10-6-3-7-11-17)41-26-23(34)22(33)21(32)20(40-26)14-38-24(35)16-8-4-2-5-9-16/h2-11,18,20-23,26-27,32-34,37H,12-15H2,1H3/t18?,20-,21-,22+,23-,26+,27+,28+,29-,30-/m1/s1. The average Bonchev–Trinajstić information content (AvgIpc) is 3.05. The van der Waals surface area contributed by atoms with Crippen LogP contribution in [0, 0.1) is 11.3 Å². The lowest BCUT2D eigenvalue weighted by Gasteiger charge is -2.66. The van der Waals surface area contributed by atoms with E-state index in [2.05, 4.69) is 0 Å². The van der Waals surface area contributed by atoms with E-state index in [9.17, 15) is 34.8 Å². The molecule has 224 valence electrons. The highest BCUT2D eigenvalue weighted by Gasteiger charge is 2.87. The second kappa shape index (κ2) is 10.5. The highest BCUT2D eigenvalue weighted by Crippen LogP contribution is 2.73. The SMILES string of the molecule is C[C@]12CC(=O)C3C[C@]1(O[C@@H]1O[C@H](COC(=O)c4ccccc4)[C@@H](O)[C@H](O)[C@H]1O)[C@@]3(COC(=O)c1ccccc1)[C@@H](O)O2. The Morgan fingerprint density at radius 3 is 2.10 bits per heavy atom. The van der Waals surface area contributed by atoms with Crippen molar-refractivity contribution in [1.29, 1.82) is 0 Å². The van der Waals surface area contributed by atoms with Gasteiger partial charge in [-0.05, 0) is 37.6 Å². The summed E-state index contributed by atoms with van der Waals surface area (Å²) in [5, 5.41) is 43.3. The highest BCUT2D eigenvalue weighted by molar-refractivity contribution is 5.90. The molecule has 0 radical (unpaired) electrons. The first-order valence-electron chi connectivity index (χ1n) is 13.7. The van der Waals surface area contributed by atoms with Gasteiger partial charge in [0.05, 0.1) is 16.5 Å². The van der Waals surface area contributed by atoms with Crippen molar-refractivity contribution >= 4 is 17.7 Å². The second-order valence-electron chi connectivity index (χ2n) is 11.5. The number of esters is 2. The normalized spacial score (nSPS) is 40.2. The Labute approximate surface area is 240 Å². The van der Waals surface area contributed by atoms with E-state index in [1.54, 1.807) is 67.6 Å². The molecule has 2 saturated heterocycles. The van der Waals surface area contributed by atoms with Crippen LogP contribution < -0.4 is 0 Å². The summed E-state index contributed by atoms with van der Waals surface area (Å²) in [6.45, 7) is 0.687. The van der Waals surface area contributed by atoms with Gasteiger partial charge in [-0.25, -0.2) is 9.59 Å². The van der Waals surface area contributed by atoms with Crippen LogP contribution in [0.15, 0.2) is 60.7 Å². The summed E-state index contributed by atoms with van der Waals surface area (Å²) in [4.78, 5) is 38.3. The number of rotatable bonds is 8. The predicted molar refractivity (Wildman–Crippen MR) is 140 cm³/mol. The van der Waals surface area contributed by atoms with Crippen LogP contribution in [0.2, 0.25) is 0 Å². The van der Waals surface area contributed by atoms with Gasteiger partial charge in [0.25, 0.3) is 0 Å². The van der Waals surface area contributed by atoms with Crippen LogP contribution in [0.3, 0.4) is 0 Å². The molecule has 0 amide bonds. The Balaban J connectivity index is 1.24. The van der Waals surface area contributed by atoms with Crippen LogP contribution in [-0.4, -0.2) is 99.6 Å². The fourth-order valence-corrected chi connectivity index (χ4v) is 6.96. The molecule has 7 rings (SSSR count). The van der Waals surface area contributed by atoms with Gasteiger partial charge in [0.15, 0.2) is 12.6 Å². The van der Waals surface area contributed by atoms with Crippen molar-refractivity contribution < 1.29 is 58.5 Å². The molecule has 42 heavy (non-hydrogen) atoms. The number of ketones is 1. The van der Waals surface area contributed by atoms with E-state index in [1.807, 2.05) is 0 Å². The zero-order valence-electron chi connectivity index (χ0n) is 22.7. The number of carbonyl (C=O) groups is 3. The molecule has 2 aliphatic heterocycles. The molecule has 3 aliphatic carbocycles. The van der Waals surface area contributed by atoms with E-state index in [1.165, 1.54) is 0 Å². The number of aliphatic hydroxyl groups is 4. The number of fused-ring (bicyclic) bond motifs is 1. The van der Waals surface area contributed by atoms with Gasteiger partial charge in [-0.1, -0.05) is 36.4 Å². The van der Waals surface area contributed by atoms with Crippen molar-refractivity contribution in [2.75, 3.05) is 13.2 Å². The lowest BCUT2D eigenvalue weighted by Crippen LogP contribution is -2.80. The molecule has 0 spiro atoms. The molecule has 1 unspecified atom stereocenters. The van der Waals surface area contributed by atoms with E-state index in [4.69, 9.17) is 23.7 Å². The van der Waals surface area contributed by atoms with Crippen molar-refractivity contribution in [3.05, 3.63) is 71.8 Å². The summed E-state index contributed by atoms with van der Waals surface area (Å²) < 4.78 is 29.0. The molecule has 2 heterocycles. The first kappa shape index (κ1) is 28.9. The maximum atomic E-state index is 13.1. The average molecular weight is 585 g/mol. The predicted octanol–water partition coefficient (Wildman–Crippen LogP) is 0.350. The van der Waals surface area contributed by atoms with E-state index < -0.39 is 84.7 Å². The zero-order chi connectivity index (χ0) is 29.9. The van der Waals surface area contributed by atoms with Crippen molar-refractivity contribution in [1.82, 2.24) is 0 Å². The number of ether oxygens (including phenoxy) is 5. The summed E-state index contributed by atoms with van der Waals surface area (Å²) in [5.74, 6) is -2.32. The van der Waals surface area contributed by atoms with Gasteiger partial charge in [0, 0.05) is 12.3 Å². The third-order valence-electron chi connectivity index (χ3n) is 9.26. The van der Waals surface area contributed by atoms with Gasteiger partial charge in [-0.2, -0.15) is 0 Å². The molecule has 2 aromatic carbocycles. The van der Waals surface area contributed by atoms with Crippen LogP contribution in [0.4, 0.5) is 0 Å². The van der Waals surface area contributed by atoms with Crippen molar-refractivity contribution in [2.45, 2.75) is 68.0 Å². The minimum absolute atomic E-state index is 0.0706. The summed E-state index contributed by atoms with van der Waals surface area (Å²) in [7, 11) is 0. The first-order valence-corrected chi connectivity index (χ1v) is 13.7. The summed E-state index contributed by atoms with van der Waals surface area (Å²) in [5.41, 5.74) is -3.86. The Kier molecular flexibility index (Phi) is 7.21. The fraction of sp³-hybridized carbons (Fsp3) is 0.500. The van der Waals surface area contributed by atoms with E-state index >= 15 is 0 Å². The molecule has 3 saturated carbocycles. The van der Waals surface area contributed by atoms with Crippen molar-refractivity contribution in [3.8, 4) is 0 Å². The number of aliphatic hydroxyl groups excluding tert-OH is 4. The molecule has 5 aliphatic rings. The monoisotopic (exact) mass is 584 g/mol. The van der Waals surface area contributed by atoms with Crippen molar-refractivity contribution in [2.24, 2.45) is 11.3 Å². The molecule has 2 aromatic rings. The lowest BCUT2D eigenvalue weighted by molar-refractivity contribution is -0.381. The summed E-state index contributed by atoms with van der Waals surface area (Å²) in [6.07, 6.45) is -9.61. The topological polar surface area (TPSA) is 178 Å². The smallest absolute Gasteiger partial charge is 0.338 e. The number of Topliss-reactive ketones (excluding diaryl/α,β-unsaturated/α-hetero) is 1. The molecule has 12 heteroatoms. The minimum Gasteiger partial charge on any atom is -0.461 e. The van der Waals surface area contributed by atoms with E-state index in [-0.39, 0.29) is 29.8 Å². The zero-order valence-corrected chi connectivity index (χ0v) is 22.7. The maximum Gasteiger partial charge on any atom is 0.338 e. The van der Waals surface area contributed by atoms with Crippen LogP contribution in [0.25, 0.3) is 0 Å². The van der Waals surface area contributed by atoms with Gasteiger partial charge in [0.2, 0.25) is 0 Å². The van der Waals surface area contributed by atoms with E-state index in [0.29, 0.717) is 0 Å². The molecule has 10 atom stereocenters. The third kappa shape index (κ3) is 4.21. The third-order valence-corrected chi connectivity index (χ3v) is 9.26. The Bertz CT molecular complexity index is 1350. The van der Waals surface area contributed by atoms with Crippen LogP contribution in [-0.2, 0) is 28.5 Å². The highest BCUT2D eigenvalue weighted by atomic mass is 16.7. The number of benzene rings is 2. The minimum atomic E-state index is -1.75. The molecule has 12 nitrogen and oxygen atoms in total. The number of hydrogen-bond acceptors (Lipinski definition) is 12. The Morgan fingerprint density at radius 1 is 0.881 bits per heavy atom. The lowest BCUT2D eigenvalue weighted by atomic mass is 9.41. The van der Waals surface area contributed by atoms with Crippen LogP contribution >= 0.6 is 0 Å². The Hall–Kier alpha value is -3.23. The van der Waals surface area contributed by atoms with Gasteiger partial charge < -0.3 is 44.1 Å². The molecule has 0 aromatic heterocycles. The molecule has 4 bridgehead atoms. The van der Waals surface area contributed by atoms with Gasteiger partial charge in [0.1, 0.15) is 54.6 Å². The maximum absolute atomic E-state index is 13.1. The fourth-order valence-electron chi connectivity index (χ4n) is 6.96. The summed E-state index contributed by atoms with van der Waals surface area (Å²) in [6, 6.07) is 16.3. The van der Waals surface area contributed by atoms with Crippen molar-refractivity contribution in [3.63, 3.8) is 0 Å². The van der Waals surface area contributed by atoms with E-state index in [0.717, 1.165) is 0 Å². The van der Waals surface area contributed by atoms with Gasteiger partial charge >= 0.3 is 11.9 Å². The van der Waals surface area contributed by atoms with Gasteiger partial charge in [-0.3, -0.25) is 4.79 Å². The number of hydrogen-bond donors (Lipinski definition) is 4. The largest absolute Gasteiger partial charge is 0.461 e. The second-order valence-corrected chi connectivity index (χ2v) is 11.5. The molecule has 5 fully saturated rings. The molecular formula is C30H32O12. The van der Waals surface area contributed by atoms with Crippen LogP contribution in [0.5, 0.6) is 0 Å². The molecule has 4 N–H and O–H groups in total. The molecular weight excluding hydrogens is 552 g/mol. The number of carbonyl (C=O) groups excluding carboxylic acids is 3. The summed E-state index contributed by atoms with van der Waals surface area (Å²) >= 11 is 0.